The lowest BCUT2D eigenvalue weighted by molar-refractivity contribution is 0.0952. The van der Waals surface area contributed by atoms with Gasteiger partial charge in [-0.1, -0.05) is 11.3 Å². The van der Waals surface area contributed by atoms with Crippen LogP contribution in [0.5, 0.6) is 0 Å². The molecule has 1 aliphatic rings. The molecule has 7 heteroatoms. The highest BCUT2D eigenvalue weighted by Gasteiger charge is 2.18. The lowest BCUT2D eigenvalue weighted by Gasteiger charge is -2.08. The summed E-state index contributed by atoms with van der Waals surface area (Å²) in [7, 11) is 0. The first-order chi connectivity index (χ1) is 7.25. The van der Waals surface area contributed by atoms with Gasteiger partial charge in [0, 0.05) is 11.8 Å². The maximum absolute atomic E-state index is 11.5. The van der Waals surface area contributed by atoms with Crippen LogP contribution >= 0.6 is 23.1 Å². The molecule has 15 heavy (non-hydrogen) atoms. The molecule has 3 N–H and O–H groups in total. The van der Waals surface area contributed by atoms with Gasteiger partial charge in [-0.3, -0.25) is 4.79 Å². The average molecular weight is 244 g/mol. The van der Waals surface area contributed by atoms with E-state index in [-0.39, 0.29) is 5.91 Å². The maximum atomic E-state index is 11.5. The second-order valence-electron chi connectivity index (χ2n) is 3.29. The smallest absolute Gasteiger partial charge is 0.282 e. The van der Waals surface area contributed by atoms with Gasteiger partial charge >= 0.3 is 0 Å². The average Bonchev–Trinajstić information content (AvgIpc) is 2.84. The molecule has 82 valence electrons. The van der Waals surface area contributed by atoms with Crippen LogP contribution in [0.2, 0.25) is 0 Å². The summed E-state index contributed by atoms with van der Waals surface area (Å²) in [6.45, 7) is 0.711. The Balaban J connectivity index is 1.81. The van der Waals surface area contributed by atoms with E-state index in [1.165, 1.54) is 18.6 Å². The minimum atomic E-state index is -0.170. The summed E-state index contributed by atoms with van der Waals surface area (Å²) in [4.78, 5) is 11.5. The van der Waals surface area contributed by atoms with Crippen LogP contribution in [-0.4, -0.2) is 33.7 Å². The van der Waals surface area contributed by atoms with Crippen molar-refractivity contribution in [3.63, 3.8) is 0 Å². The summed E-state index contributed by atoms with van der Waals surface area (Å²) in [5.74, 6) is 1.03. The number of aromatic nitrogens is 2. The Morgan fingerprint density at radius 2 is 2.47 bits per heavy atom. The molecule has 5 nitrogen and oxygen atoms in total. The molecule has 2 heterocycles. The number of amides is 1. The molecule has 1 aromatic heterocycles. The fraction of sp³-hybridized carbons (Fsp3) is 0.625. The standard InChI is InChI=1S/C8H12N4OS2/c9-8-12-11-7(15-8)6(13)10-4-5-2-1-3-14-5/h5H,1-4H2,(H2,9,12)(H,10,13). The third kappa shape index (κ3) is 2.82. The molecular formula is C8H12N4OS2. The number of hydrogen-bond acceptors (Lipinski definition) is 6. The molecule has 2 rings (SSSR count). The first kappa shape index (κ1) is 10.7. The lowest BCUT2D eigenvalue weighted by Crippen LogP contribution is -2.29. The molecule has 1 unspecified atom stereocenters. The molecule has 1 fully saturated rings. The molecule has 0 aliphatic carbocycles. The van der Waals surface area contributed by atoms with Crippen molar-refractivity contribution in [1.29, 1.82) is 0 Å². The first-order valence-electron chi connectivity index (χ1n) is 4.74. The highest BCUT2D eigenvalue weighted by Crippen LogP contribution is 2.25. The van der Waals surface area contributed by atoms with Gasteiger partial charge in [0.05, 0.1) is 0 Å². The van der Waals surface area contributed by atoms with Crippen molar-refractivity contribution in [1.82, 2.24) is 15.5 Å². The predicted octanol–water partition coefficient (Wildman–Crippen LogP) is 0.746. The molecule has 0 aromatic carbocycles. The summed E-state index contributed by atoms with van der Waals surface area (Å²) in [5.41, 5.74) is 5.40. The molecule has 0 spiro atoms. The van der Waals surface area contributed by atoms with E-state index in [1.807, 2.05) is 11.8 Å². The number of carbonyl (C=O) groups excluding carboxylic acids is 1. The second-order valence-corrected chi connectivity index (χ2v) is 5.71. The van der Waals surface area contributed by atoms with Gasteiger partial charge in [0.25, 0.3) is 5.91 Å². The third-order valence-corrected chi connectivity index (χ3v) is 4.30. The van der Waals surface area contributed by atoms with Crippen molar-refractivity contribution >= 4 is 34.1 Å². The van der Waals surface area contributed by atoms with Crippen LogP contribution in [0.15, 0.2) is 0 Å². The Morgan fingerprint density at radius 1 is 1.60 bits per heavy atom. The van der Waals surface area contributed by atoms with E-state index in [0.29, 0.717) is 21.9 Å². The normalized spacial score (nSPS) is 20.4. The van der Waals surface area contributed by atoms with Gasteiger partial charge in [-0.15, -0.1) is 10.2 Å². The van der Waals surface area contributed by atoms with E-state index in [1.54, 1.807) is 0 Å². The number of nitrogens with zero attached hydrogens (tertiary/aromatic N) is 2. The van der Waals surface area contributed by atoms with Crippen LogP contribution in [0, 0.1) is 0 Å². The highest BCUT2D eigenvalue weighted by molar-refractivity contribution is 8.00. The summed E-state index contributed by atoms with van der Waals surface area (Å²) in [6.07, 6.45) is 2.43. The zero-order valence-electron chi connectivity index (χ0n) is 8.10. The number of anilines is 1. The fourth-order valence-corrected chi connectivity index (χ4v) is 3.14. The molecule has 1 saturated heterocycles. The van der Waals surface area contributed by atoms with E-state index in [9.17, 15) is 4.79 Å². The Hall–Kier alpha value is -0.820. The van der Waals surface area contributed by atoms with Crippen molar-refractivity contribution < 1.29 is 4.79 Å². The van der Waals surface area contributed by atoms with Gasteiger partial charge < -0.3 is 11.1 Å². The summed E-state index contributed by atoms with van der Waals surface area (Å²) in [5, 5.41) is 11.4. The molecule has 0 saturated carbocycles. The van der Waals surface area contributed by atoms with E-state index in [2.05, 4.69) is 15.5 Å². The highest BCUT2D eigenvalue weighted by atomic mass is 32.2. The quantitative estimate of drug-likeness (QED) is 0.820. The van der Waals surface area contributed by atoms with Crippen molar-refractivity contribution in [3.05, 3.63) is 5.01 Å². The van der Waals surface area contributed by atoms with Crippen LogP contribution in [0.25, 0.3) is 0 Å². The summed E-state index contributed by atoms with van der Waals surface area (Å²) in [6, 6.07) is 0. The molecule has 1 aliphatic heterocycles. The van der Waals surface area contributed by atoms with Crippen LogP contribution in [0.1, 0.15) is 22.6 Å². The largest absolute Gasteiger partial charge is 0.374 e. The van der Waals surface area contributed by atoms with E-state index < -0.39 is 0 Å². The Labute approximate surface area is 95.8 Å². The number of thioether (sulfide) groups is 1. The van der Waals surface area contributed by atoms with Gasteiger partial charge in [-0.05, 0) is 18.6 Å². The molecule has 0 bridgehead atoms. The predicted molar refractivity (Wildman–Crippen MR) is 62.1 cm³/mol. The van der Waals surface area contributed by atoms with Crippen LogP contribution in [-0.2, 0) is 0 Å². The van der Waals surface area contributed by atoms with Crippen molar-refractivity contribution in [2.75, 3.05) is 18.0 Å². The minimum Gasteiger partial charge on any atom is -0.374 e. The zero-order valence-corrected chi connectivity index (χ0v) is 9.74. The fourth-order valence-electron chi connectivity index (χ4n) is 1.41. The van der Waals surface area contributed by atoms with E-state index in [0.717, 1.165) is 11.3 Å². The Morgan fingerprint density at radius 3 is 3.07 bits per heavy atom. The molecule has 1 amide bonds. The number of nitrogens with one attached hydrogen (secondary N) is 1. The van der Waals surface area contributed by atoms with Gasteiger partial charge in [0.1, 0.15) is 0 Å². The summed E-state index contributed by atoms with van der Waals surface area (Å²) < 4.78 is 0. The van der Waals surface area contributed by atoms with Crippen LogP contribution in [0.4, 0.5) is 5.13 Å². The third-order valence-electron chi connectivity index (χ3n) is 2.15. The van der Waals surface area contributed by atoms with Crippen molar-refractivity contribution in [2.24, 2.45) is 0 Å². The lowest BCUT2D eigenvalue weighted by atomic mass is 10.2. The molecule has 0 radical (unpaired) electrons. The first-order valence-corrected chi connectivity index (χ1v) is 6.61. The van der Waals surface area contributed by atoms with Crippen LogP contribution in [0.3, 0.4) is 0 Å². The summed E-state index contributed by atoms with van der Waals surface area (Å²) >= 11 is 3.03. The Kier molecular flexibility index (Phi) is 3.42. The molecular weight excluding hydrogens is 232 g/mol. The number of nitrogens with two attached hydrogens (primary N) is 1. The number of carbonyl (C=O) groups is 1. The monoisotopic (exact) mass is 244 g/mol. The molecule has 1 aromatic rings. The van der Waals surface area contributed by atoms with Crippen molar-refractivity contribution in [3.8, 4) is 0 Å². The van der Waals surface area contributed by atoms with Crippen molar-refractivity contribution in [2.45, 2.75) is 18.1 Å². The molecule has 1 atom stereocenters. The van der Waals surface area contributed by atoms with Gasteiger partial charge in [0.2, 0.25) is 10.1 Å². The van der Waals surface area contributed by atoms with E-state index in [4.69, 9.17) is 5.73 Å². The zero-order chi connectivity index (χ0) is 10.7. The topological polar surface area (TPSA) is 80.9 Å². The number of hydrogen-bond donors (Lipinski definition) is 2. The minimum absolute atomic E-state index is 0.170. The SMILES string of the molecule is Nc1nnc(C(=O)NCC2CCCS2)s1. The number of nitrogen functional groups attached to an aromatic ring is 1. The van der Waals surface area contributed by atoms with Gasteiger partial charge in [0.15, 0.2) is 0 Å². The van der Waals surface area contributed by atoms with Gasteiger partial charge in [-0.25, -0.2) is 0 Å². The van der Waals surface area contributed by atoms with Crippen LogP contribution < -0.4 is 11.1 Å². The Bertz CT molecular complexity index is 348. The van der Waals surface area contributed by atoms with Gasteiger partial charge in [-0.2, -0.15) is 11.8 Å². The number of rotatable bonds is 3. The maximum Gasteiger partial charge on any atom is 0.282 e. The second kappa shape index (κ2) is 4.80. The van der Waals surface area contributed by atoms with E-state index >= 15 is 0 Å².